The molecule has 0 aliphatic carbocycles. The van der Waals surface area contributed by atoms with Gasteiger partial charge in [-0.3, -0.25) is 0 Å². The van der Waals surface area contributed by atoms with Crippen molar-refractivity contribution in [2.45, 2.75) is 6.92 Å². The molecule has 1 heterocycles. The zero-order valence-electron chi connectivity index (χ0n) is 6.56. The lowest BCUT2D eigenvalue weighted by molar-refractivity contribution is 0.462. The van der Waals surface area contributed by atoms with E-state index in [-0.39, 0.29) is 11.7 Å². The van der Waals surface area contributed by atoms with Crippen molar-refractivity contribution in [1.29, 1.82) is 0 Å². The first-order valence-corrected chi connectivity index (χ1v) is 3.65. The molecule has 62 valence electrons. The number of halogens is 1. The molecule has 12 heavy (non-hydrogen) atoms. The van der Waals surface area contributed by atoms with E-state index in [9.17, 15) is 9.50 Å². The Labute approximate surface area is 68.6 Å². The van der Waals surface area contributed by atoms with Crippen LogP contribution in [0, 0.1) is 12.7 Å². The van der Waals surface area contributed by atoms with Crippen LogP contribution in [0.5, 0.6) is 5.88 Å². The largest absolute Gasteiger partial charge is 0.494 e. The van der Waals surface area contributed by atoms with E-state index in [4.69, 9.17) is 0 Å². The number of benzene rings is 1. The predicted molar refractivity (Wildman–Crippen MR) is 44.7 cm³/mol. The molecule has 1 aromatic heterocycles. The van der Waals surface area contributed by atoms with E-state index in [2.05, 4.69) is 4.98 Å². The zero-order chi connectivity index (χ0) is 8.72. The Bertz CT molecular complexity index is 433. The van der Waals surface area contributed by atoms with E-state index in [1.807, 2.05) is 0 Å². The van der Waals surface area contributed by atoms with Crippen LogP contribution < -0.4 is 0 Å². The molecule has 0 saturated heterocycles. The number of aromatic hydroxyl groups is 1. The van der Waals surface area contributed by atoms with Crippen molar-refractivity contribution >= 4 is 10.8 Å². The van der Waals surface area contributed by atoms with E-state index in [1.165, 1.54) is 6.07 Å². The highest BCUT2D eigenvalue weighted by molar-refractivity contribution is 5.90. The van der Waals surface area contributed by atoms with Gasteiger partial charge in [0, 0.05) is 17.0 Å². The number of rotatable bonds is 0. The molecule has 2 aromatic rings. The number of nitrogens with one attached hydrogen (secondary N) is 1. The average Bonchev–Trinajstić information content (AvgIpc) is 2.41. The van der Waals surface area contributed by atoms with Gasteiger partial charge in [0.05, 0.1) is 0 Å². The van der Waals surface area contributed by atoms with Gasteiger partial charge >= 0.3 is 0 Å². The van der Waals surface area contributed by atoms with Gasteiger partial charge in [0.25, 0.3) is 0 Å². The summed E-state index contributed by atoms with van der Waals surface area (Å²) >= 11 is 0. The lowest BCUT2D eigenvalue weighted by Gasteiger charge is -1.97. The minimum Gasteiger partial charge on any atom is -0.494 e. The van der Waals surface area contributed by atoms with Crippen LogP contribution >= 0.6 is 0 Å². The monoisotopic (exact) mass is 165 g/mol. The second kappa shape index (κ2) is 2.24. The van der Waals surface area contributed by atoms with E-state index in [1.54, 1.807) is 19.2 Å². The van der Waals surface area contributed by atoms with Gasteiger partial charge < -0.3 is 10.1 Å². The molecule has 0 aliphatic heterocycles. The number of fused-ring (bicyclic) bond motifs is 1. The van der Waals surface area contributed by atoms with Crippen molar-refractivity contribution in [1.82, 2.24) is 4.98 Å². The number of hydrogen-bond acceptors (Lipinski definition) is 1. The van der Waals surface area contributed by atoms with Crippen LogP contribution in [0.3, 0.4) is 0 Å². The lowest BCUT2D eigenvalue weighted by Crippen LogP contribution is -1.81. The molecule has 2 N–H and O–H groups in total. The first-order chi connectivity index (χ1) is 5.70. The quantitative estimate of drug-likeness (QED) is 0.617. The fourth-order valence-electron chi connectivity index (χ4n) is 1.36. The Morgan fingerprint density at radius 2 is 2.17 bits per heavy atom. The summed E-state index contributed by atoms with van der Waals surface area (Å²) in [5.41, 5.74) is 0.478. The highest BCUT2D eigenvalue weighted by Gasteiger charge is 2.07. The molecule has 0 radical (unpaired) electrons. The molecule has 1 aromatic carbocycles. The smallest absolute Gasteiger partial charge is 0.196 e. The fourth-order valence-corrected chi connectivity index (χ4v) is 1.36. The number of aryl methyl sites for hydroxylation is 1. The highest BCUT2D eigenvalue weighted by Crippen LogP contribution is 2.28. The normalized spacial score (nSPS) is 10.8. The molecule has 2 nitrogen and oxygen atoms in total. The van der Waals surface area contributed by atoms with Gasteiger partial charge in [-0.05, 0) is 24.6 Å². The third kappa shape index (κ3) is 0.794. The SMILES string of the molecule is Cc1c(F)ccc2c[nH]c(O)c12. The lowest BCUT2D eigenvalue weighted by atomic mass is 10.1. The number of H-pyrrole nitrogens is 1. The van der Waals surface area contributed by atoms with Crippen LogP contribution in [0.25, 0.3) is 10.8 Å². The number of aromatic nitrogens is 1. The molecule has 0 atom stereocenters. The molecule has 3 heteroatoms. The van der Waals surface area contributed by atoms with Crippen molar-refractivity contribution in [3.63, 3.8) is 0 Å². The molecule has 0 aliphatic rings. The Balaban J connectivity index is 2.96. The van der Waals surface area contributed by atoms with Crippen LogP contribution in [0.15, 0.2) is 18.3 Å². The Kier molecular flexibility index (Phi) is 1.33. The second-order valence-corrected chi connectivity index (χ2v) is 2.77. The summed E-state index contributed by atoms with van der Waals surface area (Å²) in [5, 5.41) is 10.7. The summed E-state index contributed by atoms with van der Waals surface area (Å²) in [4.78, 5) is 2.63. The second-order valence-electron chi connectivity index (χ2n) is 2.77. The number of hydrogen-bond donors (Lipinski definition) is 2. The summed E-state index contributed by atoms with van der Waals surface area (Å²) < 4.78 is 13.0. The van der Waals surface area contributed by atoms with Gasteiger partial charge in [-0.15, -0.1) is 0 Å². The summed E-state index contributed by atoms with van der Waals surface area (Å²) in [7, 11) is 0. The molecule has 0 fully saturated rings. The molecular weight excluding hydrogens is 157 g/mol. The van der Waals surface area contributed by atoms with Crippen molar-refractivity contribution in [3.8, 4) is 5.88 Å². The maximum Gasteiger partial charge on any atom is 0.196 e. The standard InChI is InChI=1S/C9H8FNO/c1-5-7(10)3-2-6-4-11-9(12)8(5)6/h2-4,11-12H,1H3. The van der Waals surface area contributed by atoms with E-state index >= 15 is 0 Å². The Hall–Kier alpha value is -1.51. The van der Waals surface area contributed by atoms with Crippen molar-refractivity contribution < 1.29 is 9.50 Å². The first-order valence-electron chi connectivity index (χ1n) is 3.65. The van der Waals surface area contributed by atoms with Gasteiger partial charge in [0.2, 0.25) is 0 Å². The molecule has 0 bridgehead atoms. The summed E-state index contributed by atoms with van der Waals surface area (Å²) in [6, 6.07) is 3.03. The third-order valence-corrected chi connectivity index (χ3v) is 2.03. The van der Waals surface area contributed by atoms with Gasteiger partial charge in [-0.25, -0.2) is 4.39 Å². The highest BCUT2D eigenvalue weighted by atomic mass is 19.1. The summed E-state index contributed by atoms with van der Waals surface area (Å²) in [6.07, 6.45) is 1.65. The van der Waals surface area contributed by atoms with Crippen LogP contribution in [0.2, 0.25) is 0 Å². The van der Waals surface area contributed by atoms with Gasteiger partial charge in [0.1, 0.15) is 5.82 Å². The van der Waals surface area contributed by atoms with Gasteiger partial charge in [-0.1, -0.05) is 0 Å². The zero-order valence-corrected chi connectivity index (χ0v) is 6.56. The molecule has 2 rings (SSSR count). The van der Waals surface area contributed by atoms with Crippen molar-refractivity contribution in [2.24, 2.45) is 0 Å². The van der Waals surface area contributed by atoms with E-state index < -0.39 is 0 Å². The van der Waals surface area contributed by atoms with Crippen LogP contribution in [0.4, 0.5) is 4.39 Å². The fraction of sp³-hybridized carbons (Fsp3) is 0.111. The van der Waals surface area contributed by atoms with Gasteiger partial charge in [-0.2, -0.15) is 0 Å². The Morgan fingerprint density at radius 3 is 2.92 bits per heavy atom. The van der Waals surface area contributed by atoms with Crippen LogP contribution in [-0.2, 0) is 0 Å². The van der Waals surface area contributed by atoms with Crippen LogP contribution in [0.1, 0.15) is 5.56 Å². The van der Waals surface area contributed by atoms with E-state index in [0.717, 1.165) is 5.39 Å². The molecular formula is C9H8FNO. The van der Waals surface area contributed by atoms with E-state index in [0.29, 0.717) is 10.9 Å². The predicted octanol–water partition coefficient (Wildman–Crippen LogP) is 2.32. The summed E-state index contributed by atoms with van der Waals surface area (Å²) in [5.74, 6) is -0.264. The summed E-state index contributed by atoms with van der Waals surface area (Å²) in [6.45, 7) is 1.64. The minimum atomic E-state index is -0.294. The van der Waals surface area contributed by atoms with Crippen molar-refractivity contribution in [3.05, 3.63) is 29.7 Å². The Morgan fingerprint density at radius 1 is 1.42 bits per heavy atom. The first kappa shape index (κ1) is 7.16. The molecule has 0 saturated carbocycles. The minimum absolute atomic E-state index is 0.0296. The molecule has 0 spiro atoms. The van der Waals surface area contributed by atoms with Gasteiger partial charge in [0.15, 0.2) is 5.88 Å². The average molecular weight is 165 g/mol. The topological polar surface area (TPSA) is 36.0 Å². The third-order valence-electron chi connectivity index (χ3n) is 2.03. The number of aromatic amines is 1. The molecule has 0 unspecified atom stereocenters. The van der Waals surface area contributed by atoms with Crippen LogP contribution in [-0.4, -0.2) is 10.1 Å². The maximum absolute atomic E-state index is 13.0. The maximum atomic E-state index is 13.0. The molecule has 0 amide bonds. The van der Waals surface area contributed by atoms with Crippen molar-refractivity contribution in [2.75, 3.05) is 0 Å².